The number of carbonyl (C=O) groups excluding carboxylic acids is 6. The summed E-state index contributed by atoms with van der Waals surface area (Å²) < 4.78 is 5.44. The number of carbonyl (C=O) groups is 7. The monoisotopic (exact) mass is 823 g/mol. The summed E-state index contributed by atoms with van der Waals surface area (Å²) in [5.74, 6) is -5.28. The van der Waals surface area contributed by atoms with E-state index in [1.54, 1.807) is 63.4 Å². The van der Waals surface area contributed by atoms with Crippen LogP contribution in [0.5, 0.6) is 0 Å². The second-order valence-electron chi connectivity index (χ2n) is 15.2. The molecule has 4 aromatic rings. The number of carboxylic acid groups (broad SMARTS) is 1. The third-order valence-electron chi connectivity index (χ3n) is 9.14. The number of alkyl carbamates (subject to hydrolysis) is 1. The molecule has 60 heavy (non-hydrogen) atoms. The van der Waals surface area contributed by atoms with Crippen molar-refractivity contribution >= 4 is 58.6 Å². The Labute approximate surface area is 348 Å². The van der Waals surface area contributed by atoms with E-state index in [1.165, 1.54) is 6.08 Å². The van der Waals surface area contributed by atoms with Crippen molar-refractivity contribution < 1.29 is 43.4 Å². The first-order valence-electron chi connectivity index (χ1n) is 19.6. The quantitative estimate of drug-likeness (QED) is 0.0453. The summed E-state index contributed by atoms with van der Waals surface area (Å²) in [4.78, 5) is 94.5. The van der Waals surface area contributed by atoms with Crippen LogP contribution in [0.3, 0.4) is 0 Å². The SMILES string of the molecule is CC(C)(C)OC(=O)N[C@@H](Cc1c[nH]c2ccccc12)C(=O)N[C@@H](CCCCNC(=O)/C=C\c1ccccc1)C(=O)N[C@@H](CC(=O)O)C(=O)N[C@@H](Cc1ccccc1)C(N)=O. The molecule has 0 spiro atoms. The number of benzene rings is 3. The number of unbranched alkanes of at least 4 members (excludes halogenated alkanes) is 1. The standard InChI is InChI=1S/C44H53N7O9/c1-44(2,3)60-43(59)51-35(25-30-27-47-32-19-11-10-18-31(30)32)41(57)48-33(20-12-13-23-46-37(52)22-21-28-14-6-4-7-15-28)40(56)50-36(26-38(53)54)42(58)49-34(39(45)55)24-29-16-8-5-9-17-29/h4-11,14-19,21-22,27,33-36,47H,12-13,20,23-26H2,1-3H3,(H2,45,55)(H,46,52)(H,48,57)(H,49,58)(H,50,56)(H,51,59)(H,53,54)/b22-21-/t33-,34-,35-,36-/m0/s1. The van der Waals surface area contributed by atoms with Crippen LogP contribution in [0.2, 0.25) is 0 Å². The largest absolute Gasteiger partial charge is 0.481 e. The average Bonchev–Trinajstić information content (AvgIpc) is 3.61. The van der Waals surface area contributed by atoms with Crippen LogP contribution in [0.25, 0.3) is 17.0 Å². The molecule has 1 aromatic heterocycles. The zero-order chi connectivity index (χ0) is 43.7. The van der Waals surface area contributed by atoms with Gasteiger partial charge in [-0.2, -0.15) is 0 Å². The molecular formula is C44H53N7O9. The van der Waals surface area contributed by atoms with Gasteiger partial charge in [0.15, 0.2) is 0 Å². The number of nitrogens with two attached hydrogens (primary N) is 1. The van der Waals surface area contributed by atoms with Crippen molar-refractivity contribution in [3.63, 3.8) is 0 Å². The number of para-hydroxylation sites is 1. The summed E-state index contributed by atoms with van der Waals surface area (Å²) in [6.45, 7) is 5.23. The molecular weight excluding hydrogens is 771 g/mol. The zero-order valence-corrected chi connectivity index (χ0v) is 33.9. The Kier molecular flexibility index (Phi) is 17.0. The third kappa shape index (κ3) is 15.4. The molecule has 0 saturated carbocycles. The lowest BCUT2D eigenvalue weighted by molar-refractivity contribution is -0.141. The summed E-state index contributed by atoms with van der Waals surface area (Å²) in [7, 11) is 0. The summed E-state index contributed by atoms with van der Waals surface area (Å²) in [6.07, 6.45) is 3.68. The number of primary amides is 1. The number of aliphatic carboxylic acids is 1. The lowest BCUT2D eigenvalue weighted by Gasteiger charge is -2.26. The molecule has 0 fully saturated rings. The molecule has 16 heteroatoms. The molecule has 16 nitrogen and oxygen atoms in total. The van der Waals surface area contributed by atoms with Crippen molar-refractivity contribution in [2.75, 3.05) is 6.54 Å². The van der Waals surface area contributed by atoms with E-state index in [0.29, 0.717) is 17.5 Å². The van der Waals surface area contributed by atoms with Crippen LogP contribution in [0.4, 0.5) is 4.79 Å². The van der Waals surface area contributed by atoms with E-state index in [4.69, 9.17) is 10.5 Å². The molecule has 3 aromatic carbocycles. The van der Waals surface area contributed by atoms with Crippen molar-refractivity contribution in [3.05, 3.63) is 114 Å². The normalized spacial score (nSPS) is 13.3. The number of hydrogen-bond donors (Lipinski definition) is 8. The number of carboxylic acids is 1. The van der Waals surface area contributed by atoms with Gasteiger partial charge >= 0.3 is 12.1 Å². The lowest BCUT2D eigenvalue weighted by atomic mass is 10.0. The minimum absolute atomic E-state index is 0.00801. The van der Waals surface area contributed by atoms with E-state index >= 15 is 0 Å². The number of hydrogen-bond acceptors (Lipinski definition) is 8. The highest BCUT2D eigenvalue weighted by Crippen LogP contribution is 2.20. The van der Waals surface area contributed by atoms with Gasteiger partial charge in [-0.25, -0.2) is 4.79 Å². The number of aromatic nitrogens is 1. The van der Waals surface area contributed by atoms with Crippen LogP contribution >= 0.6 is 0 Å². The fraction of sp³-hybridized carbons (Fsp3) is 0.341. The maximum Gasteiger partial charge on any atom is 0.408 e. The summed E-state index contributed by atoms with van der Waals surface area (Å²) in [6, 6.07) is 19.8. The van der Waals surface area contributed by atoms with Gasteiger partial charge in [-0.3, -0.25) is 28.8 Å². The van der Waals surface area contributed by atoms with E-state index in [0.717, 1.165) is 16.5 Å². The van der Waals surface area contributed by atoms with Gasteiger partial charge < -0.3 is 47.1 Å². The summed E-state index contributed by atoms with van der Waals surface area (Å²) >= 11 is 0. The van der Waals surface area contributed by atoms with Crippen molar-refractivity contribution in [1.29, 1.82) is 0 Å². The van der Waals surface area contributed by atoms with Crippen molar-refractivity contribution in [3.8, 4) is 0 Å². The van der Waals surface area contributed by atoms with Crippen molar-refractivity contribution in [2.45, 2.75) is 89.1 Å². The number of nitrogens with one attached hydrogen (secondary N) is 6. The number of rotatable bonds is 21. The predicted octanol–water partition coefficient (Wildman–Crippen LogP) is 3.26. The number of fused-ring (bicyclic) bond motifs is 1. The molecule has 0 unspecified atom stereocenters. The Hall–Kier alpha value is -6.97. The van der Waals surface area contributed by atoms with Crippen LogP contribution in [0.15, 0.2) is 97.2 Å². The van der Waals surface area contributed by atoms with E-state index < -0.39 is 71.9 Å². The Morgan fingerprint density at radius 3 is 2.00 bits per heavy atom. The van der Waals surface area contributed by atoms with Crippen LogP contribution < -0.4 is 32.3 Å². The summed E-state index contributed by atoms with van der Waals surface area (Å²) in [5, 5.41) is 23.5. The van der Waals surface area contributed by atoms with Crippen LogP contribution in [-0.2, 0) is 46.3 Å². The highest BCUT2D eigenvalue weighted by molar-refractivity contribution is 5.97. The smallest absolute Gasteiger partial charge is 0.408 e. The van der Waals surface area contributed by atoms with E-state index in [2.05, 4.69) is 31.6 Å². The maximum atomic E-state index is 14.1. The van der Waals surface area contributed by atoms with E-state index in [9.17, 15) is 38.7 Å². The molecule has 318 valence electrons. The number of amides is 6. The van der Waals surface area contributed by atoms with E-state index in [1.807, 2.05) is 54.6 Å². The number of H-pyrrole nitrogens is 1. The predicted molar refractivity (Wildman–Crippen MR) is 225 cm³/mol. The van der Waals surface area contributed by atoms with Gasteiger partial charge in [0.2, 0.25) is 29.5 Å². The molecule has 0 aliphatic heterocycles. The molecule has 6 amide bonds. The van der Waals surface area contributed by atoms with Crippen LogP contribution in [0.1, 0.15) is 63.1 Å². The van der Waals surface area contributed by atoms with Gasteiger partial charge in [0.1, 0.15) is 29.8 Å². The molecule has 0 saturated heterocycles. The summed E-state index contributed by atoms with van der Waals surface area (Å²) in [5.41, 5.74) is 7.70. The highest BCUT2D eigenvalue weighted by Gasteiger charge is 2.33. The maximum absolute atomic E-state index is 14.1. The molecule has 4 rings (SSSR count). The fourth-order valence-corrected chi connectivity index (χ4v) is 6.20. The first-order chi connectivity index (χ1) is 28.6. The molecule has 0 aliphatic rings. The number of aromatic amines is 1. The molecule has 0 bridgehead atoms. The second-order valence-corrected chi connectivity index (χ2v) is 15.2. The van der Waals surface area contributed by atoms with E-state index in [-0.39, 0.29) is 38.1 Å². The Balaban J connectivity index is 1.53. The van der Waals surface area contributed by atoms with Gasteiger partial charge in [0.25, 0.3) is 0 Å². The fourth-order valence-electron chi connectivity index (χ4n) is 6.20. The Bertz CT molecular complexity index is 2130. The second kappa shape index (κ2) is 22.3. The average molecular weight is 824 g/mol. The first-order valence-corrected chi connectivity index (χ1v) is 19.6. The van der Waals surface area contributed by atoms with Crippen molar-refractivity contribution in [1.82, 2.24) is 31.6 Å². The number of ether oxygens (including phenoxy) is 1. The zero-order valence-electron chi connectivity index (χ0n) is 33.9. The van der Waals surface area contributed by atoms with Gasteiger partial charge in [0.05, 0.1) is 6.42 Å². The van der Waals surface area contributed by atoms with Gasteiger partial charge in [-0.15, -0.1) is 0 Å². The Morgan fingerprint density at radius 2 is 1.33 bits per heavy atom. The first kappa shape index (κ1) is 45.7. The highest BCUT2D eigenvalue weighted by atomic mass is 16.6. The van der Waals surface area contributed by atoms with Crippen LogP contribution in [-0.4, -0.2) is 88.0 Å². The molecule has 0 aliphatic carbocycles. The minimum atomic E-state index is -1.68. The third-order valence-corrected chi connectivity index (χ3v) is 9.14. The minimum Gasteiger partial charge on any atom is -0.481 e. The van der Waals surface area contributed by atoms with Gasteiger partial charge in [-0.05, 0) is 68.9 Å². The molecule has 9 N–H and O–H groups in total. The molecule has 1 heterocycles. The molecule has 4 atom stereocenters. The Morgan fingerprint density at radius 1 is 0.733 bits per heavy atom. The van der Waals surface area contributed by atoms with Crippen molar-refractivity contribution in [2.24, 2.45) is 5.73 Å². The van der Waals surface area contributed by atoms with Gasteiger partial charge in [-0.1, -0.05) is 78.9 Å². The van der Waals surface area contributed by atoms with Gasteiger partial charge in [0, 0.05) is 42.6 Å². The lowest BCUT2D eigenvalue weighted by Crippen LogP contribution is -2.59. The topological polar surface area (TPSA) is 251 Å². The molecule has 0 radical (unpaired) electrons. The van der Waals surface area contributed by atoms with Crippen LogP contribution in [0, 0.1) is 0 Å².